The molecule has 1 heterocycles. The van der Waals surface area contributed by atoms with Gasteiger partial charge < -0.3 is 10.4 Å². The topological polar surface area (TPSA) is 62.2 Å². The SMILES string of the molecule is O=C(O)c1nc(NCC(F)(F)F)ccc1Cl. The number of carbonyl (C=O) groups is 1. The minimum atomic E-state index is -4.40. The van der Waals surface area contributed by atoms with Gasteiger partial charge >= 0.3 is 12.1 Å². The molecule has 2 N–H and O–H groups in total. The van der Waals surface area contributed by atoms with Crippen molar-refractivity contribution in [1.82, 2.24) is 4.98 Å². The van der Waals surface area contributed by atoms with E-state index < -0.39 is 24.4 Å². The molecule has 0 amide bonds. The van der Waals surface area contributed by atoms with E-state index in [1.165, 1.54) is 6.07 Å². The molecule has 88 valence electrons. The van der Waals surface area contributed by atoms with Gasteiger partial charge in [0.05, 0.1) is 5.02 Å². The van der Waals surface area contributed by atoms with E-state index in [-0.39, 0.29) is 10.8 Å². The number of hydrogen-bond donors (Lipinski definition) is 2. The first-order valence-corrected chi connectivity index (χ1v) is 4.38. The van der Waals surface area contributed by atoms with Crippen molar-refractivity contribution in [2.45, 2.75) is 6.18 Å². The largest absolute Gasteiger partial charge is 0.476 e. The molecule has 16 heavy (non-hydrogen) atoms. The van der Waals surface area contributed by atoms with E-state index in [1.807, 2.05) is 5.32 Å². The lowest BCUT2D eigenvalue weighted by Crippen LogP contribution is -2.22. The Bertz CT molecular complexity index is 409. The summed E-state index contributed by atoms with van der Waals surface area (Å²) >= 11 is 5.49. The summed E-state index contributed by atoms with van der Waals surface area (Å²) in [5, 5.41) is 10.4. The molecule has 0 aliphatic carbocycles. The number of aromatic carboxylic acids is 1. The number of rotatable bonds is 3. The first-order valence-electron chi connectivity index (χ1n) is 4.00. The lowest BCUT2D eigenvalue weighted by molar-refractivity contribution is -0.115. The second kappa shape index (κ2) is 4.56. The number of alkyl halides is 3. The van der Waals surface area contributed by atoms with Crippen LogP contribution in [0, 0.1) is 0 Å². The van der Waals surface area contributed by atoms with Crippen molar-refractivity contribution in [3.63, 3.8) is 0 Å². The fourth-order valence-corrected chi connectivity index (χ4v) is 1.07. The zero-order chi connectivity index (χ0) is 12.3. The van der Waals surface area contributed by atoms with Gasteiger partial charge in [-0.05, 0) is 12.1 Å². The van der Waals surface area contributed by atoms with Gasteiger partial charge in [-0.3, -0.25) is 0 Å². The molecule has 1 rings (SSSR count). The third-order valence-electron chi connectivity index (χ3n) is 1.52. The van der Waals surface area contributed by atoms with Crippen molar-refractivity contribution >= 4 is 23.4 Å². The van der Waals surface area contributed by atoms with Crippen LogP contribution in [0.4, 0.5) is 19.0 Å². The van der Waals surface area contributed by atoms with E-state index in [9.17, 15) is 18.0 Å². The van der Waals surface area contributed by atoms with Crippen LogP contribution in [0.25, 0.3) is 0 Å². The van der Waals surface area contributed by atoms with E-state index in [1.54, 1.807) is 0 Å². The molecule has 0 spiro atoms. The summed E-state index contributed by atoms with van der Waals surface area (Å²) in [5.41, 5.74) is -0.492. The lowest BCUT2D eigenvalue weighted by atomic mass is 10.3. The number of nitrogens with one attached hydrogen (secondary N) is 1. The van der Waals surface area contributed by atoms with Gasteiger partial charge in [0.15, 0.2) is 5.69 Å². The van der Waals surface area contributed by atoms with Crippen LogP contribution in [0.1, 0.15) is 10.5 Å². The van der Waals surface area contributed by atoms with Gasteiger partial charge in [-0.25, -0.2) is 9.78 Å². The number of aromatic nitrogens is 1. The van der Waals surface area contributed by atoms with Crippen molar-refractivity contribution in [1.29, 1.82) is 0 Å². The molecular weight excluding hydrogens is 249 g/mol. The van der Waals surface area contributed by atoms with Crippen LogP contribution in [0.2, 0.25) is 5.02 Å². The fourth-order valence-electron chi connectivity index (χ4n) is 0.881. The molecule has 1 aromatic heterocycles. The van der Waals surface area contributed by atoms with Crippen LogP contribution in [0.15, 0.2) is 12.1 Å². The van der Waals surface area contributed by atoms with Crippen LogP contribution in [0.5, 0.6) is 0 Å². The second-order valence-corrected chi connectivity index (χ2v) is 3.21. The molecule has 0 aliphatic rings. The highest BCUT2D eigenvalue weighted by Crippen LogP contribution is 2.19. The van der Waals surface area contributed by atoms with E-state index in [2.05, 4.69) is 4.98 Å². The second-order valence-electron chi connectivity index (χ2n) is 2.80. The average Bonchev–Trinajstić information content (AvgIpc) is 2.14. The van der Waals surface area contributed by atoms with E-state index in [0.717, 1.165) is 6.07 Å². The summed E-state index contributed by atoms with van der Waals surface area (Å²) in [7, 11) is 0. The predicted octanol–water partition coefficient (Wildman–Crippen LogP) is 2.41. The molecule has 1 aromatic rings. The van der Waals surface area contributed by atoms with Crippen LogP contribution in [-0.4, -0.2) is 28.8 Å². The molecule has 0 atom stereocenters. The number of carboxylic acid groups (broad SMARTS) is 1. The molecular formula is C8H6ClF3N2O2. The molecule has 0 radical (unpaired) electrons. The maximum atomic E-state index is 11.8. The van der Waals surface area contributed by atoms with Gasteiger partial charge in [-0.1, -0.05) is 11.6 Å². The zero-order valence-corrected chi connectivity index (χ0v) is 8.43. The van der Waals surface area contributed by atoms with Crippen LogP contribution in [0.3, 0.4) is 0 Å². The van der Waals surface area contributed by atoms with Crippen LogP contribution >= 0.6 is 11.6 Å². The van der Waals surface area contributed by atoms with Crippen molar-refractivity contribution < 1.29 is 23.1 Å². The Hall–Kier alpha value is -1.50. The predicted molar refractivity (Wildman–Crippen MR) is 50.8 cm³/mol. The molecule has 0 unspecified atom stereocenters. The molecule has 0 aromatic carbocycles. The van der Waals surface area contributed by atoms with E-state index >= 15 is 0 Å². The number of anilines is 1. The summed E-state index contributed by atoms with van der Waals surface area (Å²) < 4.78 is 35.5. The normalized spacial score (nSPS) is 11.2. The summed E-state index contributed by atoms with van der Waals surface area (Å²) in [6, 6.07) is 2.33. The van der Waals surface area contributed by atoms with Crippen molar-refractivity contribution in [2.24, 2.45) is 0 Å². The lowest BCUT2D eigenvalue weighted by Gasteiger charge is -2.09. The standard InChI is InChI=1S/C8H6ClF3N2O2/c9-4-1-2-5(13-3-8(10,11)12)14-6(4)7(15)16/h1-2H,3H2,(H,13,14)(H,15,16). The van der Waals surface area contributed by atoms with Crippen molar-refractivity contribution in [3.05, 3.63) is 22.8 Å². The molecule has 4 nitrogen and oxygen atoms in total. The summed E-state index contributed by atoms with van der Waals surface area (Å²) in [5.74, 6) is -1.60. The Morgan fingerprint density at radius 2 is 2.12 bits per heavy atom. The monoisotopic (exact) mass is 254 g/mol. The van der Waals surface area contributed by atoms with E-state index in [0.29, 0.717) is 0 Å². The number of carboxylic acids is 1. The van der Waals surface area contributed by atoms with Gasteiger partial charge in [-0.15, -0.1) is 0 Å². The van der Waals surface area contributed by atoms with Crippen LogP contribution < -0.4 is 5.32 Å². The Kier molecular flexibility index (Phi) is 3.58. The van der Waals surface area contributed by atoms with E-state index in [4.69, 9.17) is 16.7 Å². The van der Waals surface area contributed by atoms with Gasteiger partial charge in [0, 0.05) is 0 Å². The van der Waals surface area contributed by atoms with Gasteiger partial charge in [0.2, 0.25) is 0 Å². The summed E-state index contributed by atoms with van der Waals surface area (Å²) in [6.07, 6.45) is -4.40. The molecule has 0 bridgehead atoms. The fraction of sp³-hybridized carbons (Fsp3) is 0.250. The minimum absolute atomic E-state index is 0.134. The first-order chi connectivity index (χ1) is 7.29. The van der Waals surface area contributed by atoms with Crippen LogP contribution in [-0.2, 0) is 0 Å². The molecule has 0 saturated heterocycles. The number of nitrogens with zero attached hydrogens (tertiary/aromatic N) is 1. The molecule has 0 saturated carbocycles. The van der Waals surface area contributed by atoms with Gasteiger partial charge in [-0.2, -0.15) is 13.2 Å². The smallest absolute Gasteiger partial charge is 0.405 e. The Balaban J connectivity index is 2.83. The Labute approximate surface area is 93.1 Å². The summed E-state index contributed by atoms with van der Waals surface area (Å²) in [6.45, 7) is -1.29. The van der Waals surface area contributed by atoms with Crippen molar-refractivity contribution in [2.75, 3.05) is 11.9 Å². The Morgan fingerprint density at radius 1 is 1.50 bits per heavy atom. The number of pyridine rings is 1. The highest BCUT2D eigenvalue weighted by molar-refractivity contribution is 6.33. The molecule has 0 fully saturated rings. The highest BCUT2D eigenvalue weighted by Gasteiger charge is 2.27. The third kappa shape index (κ3) is 3.58. The maximum Gasteiger partial charge on any atom is 0.405 e. The first kappa shape index (κ1) is 12.6. The molecule has 8 heteroatoms. The Morgan fingerprint density at radius 3 is 2.62 bits per heavy atom. The van der Waals surface area contributed by atoms with Gasteiger partial charge in [0.25, 0.3) is 0 Å². The number of hydrogen-bond acceptors (Lipinski definition) is 3. The number of halogens is 4. The highest BCUT2D eigenvalue weighted by atomic mass is 35.5. The average molecular weight is 255 g/mol. The quantitative estimate of drug-likeness (QED) is 0.869. The van der Waals surface area contributed by atoms with Gasteiger partial charge in [0.1, 0.15) is 12.4 Å². The maximum absolute atomic E-state index is 11.8. The third-order valence-corrected chi connectivity index (χ3v) is 1.82. The summed E-state index contributed by atoms with van der Waals surface area (Å²) in [4.78, 5) is 14.0. The van der Waals surface area contributed by atoms with Crippen molar-refractivity contribution in [3.8, 4) is 0 Å². The molecule has 0 aliphatic heterocycles. The minimum Gasteiger partial charge on any atom is -0.476 e. The zero-order valence-electron chi connectivity index (χ0n) is 7.68.